The van der Waals surface area contributed by atoms with Gasteiger partial charge in [-0.3, -0.25) is 9.59 Å². The molecule has 174 valence electrons. The van der Waals surface area contributed by atoms with Crippen LogP contribution in [-0.4, -0.2) is 29.6 Å². The molecule has 4 rings (SSSR count). The van der Waals surface area contributed by atoms with Crippen LogP contribution < -0.4 is 20.3 Å². The van der Waals surface area contributed by atoms with Gasteiger partial charge in [0.15, 0.2) is 23.9 Å². The summed E-state index contributed by atoms with van der Waals surface area (Å²) in [6, 6.07) is 21.3. The lowest BCUT2D eigenvalue weighted by molar-refractivity contribution is -0.118. The number of rotatable bonds is 7. The highest BCUT2D eigenvalue weighted by molar-refractivity contribution is 9.10. The molecule has 1 aromatic heterocycles. The zero-order valence-electron chi connectivity index (χ0n) is 18.5. The number of aromatic nitrogens is 2. The molecule has 0 aliphatic rings. The Morgan fingerprint density at radius 1 is 1.14 bits per heavy atom. The summed E-state index contributed by atoms with van der Waals surface area (Å²) in [6.45, 7) is -0.206. The van der Waals surface area contributed by atoms with Crippen molar-refractivity contribution < 1.29 is 14.3 Å². The standard InChI is InChI=1S/C26H19BrN4O4/c1-34-23-12-16(7-10-22(23)35-15-24(32)29-19-5-3-2-4-6-19)11-17(14-28)25-30-21-9-8-18(27)13-20(21)26(33)31-25/h2-13H,15H2,1H3,(H,29,32)(H,30,31,33)/b17-11+. The van der Waals surface area contributed by atoms with Crippen molar-refractivity contribution in [3.63, 3.8) is 0 Å². The van der Waals surface area contributed by atoms with E-state index in [4.69, 9.17) is 9.47 Å². The van der Waals surface area contributed by atoms with Gasteiger partial charge in [-0.25, -0.2) is 4.98 Å². The van der Waals surface area contributed by atoms with Gasteiger partial charge in [0.05, 0.1) is 23.6 Å². The number of amides is 1. The van der Waals surface area contributed by atoms with Gasteiger partial charge in [-0.1, -0.05) is 40.2 Å². The van der Waals surface area contributed by atoms with Crippen molar-refractivity contribution in [2.75, 3.05) is 19.0 Å². The molecule has 0 unspecified atom stereocenters. The third kappa shape index (κ3) is 5.75. The van der Waals surface area contributed by atoms with E-state index in [0.717, 1.165) is 4.47 Å². The lowest BCUT2D eigenvalue weighted by Crippen LogP contribution is -2.20. The number of nitrogens with zero attached hydrogens (tertiary/aromatic N) is 2. The largest absolute Gasteiger partial charge is 0.493 e. The van der Waals surface area contributed by atoms with Gasteiger partial charge < -0.3 is 19.8 Å². The SMILES string of the molecule is COc1cc(/C=C(\C#N)c2nc3ccc(Br)cc3c(=O)[nH]2)ccc1OCC(=O)Nc1ccccc1. The van der Waals surface area contributed by atoms with E-state index in [-0.39, 0.29) is 29.5 Å². The quantitative estimate of drug-likeness (QED) is 0.332. The Labute approximate surface area is 209 Å². The number of carbonyl (C=O) groups excluding carboxylic acids is 1. The Balaban J connectivity index is 1.55. The summed E-state index contributed by atoms with van der Waals surface area (Å²) in [6.07, 6.45) is 1.58. The van der Waals surface area contributed by atoms with Crippen molar-refractivity contribution in [1.29, 1.82) is 5.26 Å². The van der Waals surface area contributed by atoms with Crippen LogP contribution in [0.2, 0.25) is 0 Å². The van der Waals surface area contributed by atoms with Crippen LogP contribution in [0.3, 0.4) is 0 Å². The van der Waals surface area contributed by atoms with Gasteiger partial charge in [0.2, 0.25) is 0 Å². The Hall–Kier alpha value is -4.42. The molecule has 0 saturated carbocycles. The third-order valence-corrected chi connectivity index (χ3v) is 5.45. The van der Waals surface area contributed by atoms with Crippen LogP contribution >= 0.6 is 15.9 Å². The van der Waals surface area contributed by atoms with Crippen molar-refractivity contribution in [2.24, 2.45) is 0 Å². The number of fused-ring (bicyclic) bond motifs is 1. The minimum atomic E-state index is -0.345. The minimum Gasteiger partial charge on any atom is -0.493 e. The molecule has 8 nitrogen and oxygen atoms in total. The number of aromatic amines is 1. The highest BCUT2D eigenvalue weighted by Gasteiger charge is 2.12. The summed E-state index contributed by atoms with van der Waals surface area (Å²) in [5.74, 6) is 0.596. The molecule has 0 aliphatic carbocycles. The Bertz CT molecular complexity index is 1520. The number of benzene rings is 3. The van der Waals surface area contributed by atoms with Crippen LogP contribution in [0.25, 0.3) is 22.6 Å². The van der Waals surface area contributed by atoms with Gasteiger partial charge in [0.1, 0.15) is 6.07 Å². The summed E-state index contributed by atoms with van der Waals surface area (Å²) >= 11 is 3.34. The second-order valence-electron chi connectivity index (χ2n) is 7.36. The molecule has 1 amide bonds. The molecule has 0 atom stereocenters. The Kier molecular flexibility index (Phi) is 7.24. The van der Waals surface area contributed by atoms with Crippen LogP contribution in [-0.2, 0) is 4.79 Å². The van der Waals surface area contributed by atoms with Crippen LogP contribution in [0.1, 0.15) is 11.4 Å². The van der Waals surface area contributed by atoms with Gasteiger partial charge >= 0.3 is 0 Å². The zero-order valence-corrected chi connectivity index (χ0v) is 20.1. The van der Waals surface area contributed by atoms with Gasteiger partial charge in [0.25, 0.3) is 11.5 Å². The van der Waals surface area contributed by atoms with E-state index in [9.17, 15) is 14.9 Å². The lowest BCUT2D eigenvalue weighted by Gasteiger charge is -2.12. The van der Waals surface area contributed by atoms with Crippen molar-refractivity contribution >= 4 is 50.1 Å². The summed E-state index contributed by atoms with van der Waals surface area (Å²) in [5, 5.41) is 12.9. The van der Waals surface area contributed by atoms with E-state index >= 15 is 0 Å². The lowest BCUT2D eigenvalue weighted by atomic mass is 10.1. The molecular weight excluding hydrogens is 512 g/mol. The number of hydrogen-bond acceptors (Lipinski definition) is 6. The number of hydrogen-bond donors (Lipinski definition) is 2. The molecule has 0 spiro atoms. The Morgan fingerprint density at radius 3 is 2.69 bits per heavy atom. The van der Waals surface area contributed by atoms with Crippen molar-refractivity contribution in [3.05, 3.63) is 92.9 Å². The topological polar surface area (TPSA) is 117 Å². The van der Waals surface area contributed by atoms with E-state index in [1.54, 1.807) is 54.6 Å². The van der Waals surface area contributed by atoms with E-state index in [1.807, 2.05) is 18.2 Å². The van der Waals surface area contributed by atoms with Gasteiger partial charge in [0, 0.05) is 10.2 Å². The first-order valence-corrected chi connectivity index (χ1v) is 11.2. The van der Waals surface area contributed by atoms with E-state index in [0.29, 0.717) is 33.7 Å². The second-order valence-corrected chi connectivity index (χ2v) is 8.27. The number of carbonyl (C=O) groups is 1. The monoisotopic (exact) mass is 530 g/mol. The molecule has 0 bridgehead atoms. The molecule has 0 radical (unpaired) electrons. The van der Waals surface area contributed by atoms with Crippen LogP contribution in [0.5, 0.6) is 11.5 Å². The maximum atomic E-state index is 12.5. The number of para-hydroxylation sites is 1. The summed E-state index contributed by atoms with van der Waals surface area (Å²) in [5.41, 5.74) is 1.60. The fraction of sp³-hybridized carbons (Fsp3) is 0.0769. The number of H-pyrrole nitrogens is 1. The molecule has 3 aromatic carbocycles. The number of ether oxygens (including phenoxy) is 2. The highest BCUT2D eigenvalue weighted by Crippen LogP contribution is 2.29. The molecule has 35 heavy (non-hydrogen) atoms. The maximum absolute atomic E-state index is 12.5. The predicted octanol–water partition coefficient (Wildman–Crippen LogP) is 4.78. The van der Waals surface area contributed by atoms with Crippen LogP contribution in [0.15, 0.2) is 76.0 Å². The van der Waals surface area contributed by atoms with Gasteiger partial charge in [-0.05, 0) is 54.1 Å². The molecule has 2 N–H and O–H groups in total. The first-order valence-electron chi connectivity index (χ1n) is 10.4. The smallest absolute Gasteiger partial charge is 0.262 e. The van der Waals surface area contributed by atoms with E-state index in [2.05, 4.69) is 37.3 Å². The summed E-state index contributed by atoms with van der Waals surface area (Å²) in [4.78, 5) is 31.7. The summed E-state index contributed by atoms with van der Waals surface area (Å²) < 4.78 is 11.8. The molecule has 1 heterocycles. The fourth-order valence-corrected chi connectivity index (χ4v) is 3.67. The van der Waals surface area contributed by atoms with Crippen LogP contribution in [0.4, 0.5) is 5.69 Å². The van der Waals surface area contributed by atoms with Crippen LogP contribution in [0, 0.1) is 11.3 Å². The Morgan fingerprint density at radius 2 is 1.94 bits per heavy atom. The number of nitriles is 1. The molecular formula is C26H19BrN4O4. The maximum Gasteiger partial charge on any atom is 0.262 e. The summed E-state index contributed by atoms with van der Waals surface area (Å²) in [7, 11) is 1.48. The normalized spacial score (nSPS) is 11.1. The average Bonchev–Trinajstić information content (AvgIpc) is 2.87. The van der Waals surface area contributed by atoms with Gasteiger partial charge in [-0.15, -0.1) is 0 Å². The number of methoxy groups -OCH3 is 1. The van der Waals surface area contributed by atoms with Crippen molar-refractivity contribution in [1.82, 2.24) is 9.97 Å². The average molecular weight is 531 g/mol. The highest BCUT2D eigenvalue weighted by atomic mass is 79.9. The fourth-order valence-electron chi connectivity index (χ4n) is 3.31. The zero-order chi connectivity index (χ0) is 24.8. The molecule has 0 aliphatic heterocycles. The molecule has 0 saturated heterocycles. The van der Waals surface area contributed by atoms with Crippen molar-refractivity contribution in [3.8, 4) is 17.6 Å². The first-order chi connectivity index (χ1) is 17.0. The minimum absolute atomic E-state index is 0.157. The molecule has 9 heteroatoms. The third-order valence-electron chi connectivity index (χ3n) is 4.96. The molecule has 4 aromatic rings. The molecule has 0 fully saturated rings. The predicted molar refractivity (Wildman–Crippen MR) is 137 cm³/mol. The number of allylic oxidation sites excluding steroid dienone is 1. The van der Waals surface area contributed by atoms with E-state index < -0.39 is 0 Å². The van der Waals surface area contributed by atoms with E-state index in [1.165, 1.54) is 7.11 Å². The number of nitrogens with one attached hydrogen (secondary N) is 2. The van der Waals surface area contributed by atoms with Gasteiger partial charge in [-0.2, -0.15) is 5.26 Å². The number of halogens is 1. The number of anilines is 1. The van der Waals surface area contributed by atoms with Crippen molar-refractivity contribution in [2.45, 2.75) is 0 Å². The second kappa shape index (κ2) is 10.7. The first kappa shape index (κ1) is 23.7.